The molecule has 0 bridgehead atoms. The third-order valence-electron chi connectivity index (χ3n) is 4.93. The summed E-state index contributed by atoms with van der Waals surface area (Å²) in [4.78, 5) is 30.0. The number of benzene rings is 3. The van der Waals surface area contributed by atoms with Crippen molar-refractivity contribution in [2.24, 2.45) is 19.1 Å². The molecule has 0 radical (unpaired) electrons. The molecule has 0 aliphatic rings. The molecule has 4 rings (SSSR count). The number of para-hydroxylation sites is 1. The van der Waals surface area contributed by atoms with Crippen molar-refractivity contribution in [2.45, 2.75) is 0 Å². The van der Waals surface area contributed by atoms with Crippen LogP contribution >= 0.6 is 11.6 Å². The van der Waals surface area contributed by atoms with Gasteiger partial charge < -0.3 is 0 Å². The maximum absolute atomic E-state index is 13.1. The predicted molar refractivity (Wildman–Crippen MR) is 119 cm³/mol. The first-order chi connectivity index (χ1) is 14.0. The molecule has 0 amide bonds. The fraction of sp³-hybridized carbons (Fsp3) is 0.0870. The topological polar surface area (TPSA) is 56.4 Å². The van der Waals surface area contributed by atoms with Crippen LogP contribution in [0.5, 0.6) is 0 Å². The zero-order valence-corrected chi connectivity index (χ0v) is 16.7. The number of nitrogens with zero attached hydrogens (tertiary/aromatic N) is 3. The minimum absolute atomic E-state index is 0.338. The molecule has 0 aliphatic carbocycles. The van der Waals surface area contributed by atoms with Crippen LogP contribution in [0.15, 0.2) is 81.3 Å². The molecule has 0 fully saturated rings. The van der Waals surface area contributed by atoms with Crippen LogP contribution < -0.4 is 11.2 Å². The predicted octanol–water partition coefficient (Wildman–Crippen LogP) is 4.31. The van der Waals surface area contributed by atoms with Gasteiger partial charge in [-0.1, -0.05) is 60.1 Å². The van der Waals surface area contributed by atoms with E-state index in [0.717, 1.165) is 21.3 Å². The summed E-state index contributed by atoms with van der Waals surface area (Å²) in [6.45, 7) is 0. The zero-order chi connectivity index (χ0) is 20.5. The van der Waals surface area contributed by atoms with E-state index in [2.05, 4.69) is 4.99 Å². The lowest BCUT2D eigenvalue weighted by molar-refractivity contribution is 0.714. The summed E-state index contributed by atoms with van der Waals surface area (Å²) in [6.07, 6.45) is 1.70. The summed E-state index contributed by atoms with van der Waals surface area (Å²) in [5, 5.41) is 1.02. The monoisotopic (exact) mass is 403 g/mol. The van der Waals surface area contributed by atoms with E-state index in [-0.39, 0.29) is 11.2 Å². The number of hydrogen-bond donors (Lipinski definition) is 0. The van der Waals surface area contributed by atoms with Crippen molar-refractivity contribution in [3.8, 4) is 11.1 Å². The average Bonchev–Trinajstić information content (AvgIpc) is 2.75. The van der Waals surface area contributed by atoms with Gasteiger partial charge in [0.1, 0.15) is 0 Å². The van der Waals surface area contributed by atoms with E-state index in [9.17, 15) is 9.59 Å². The third kappa shape index (κ3) is 3.30. The zero-order valence-electron chi connectivity index (χ0n) is 16.0. The van der Waals surface area contributed by atoms with Crippen LogP contribution in [0.1, 0.15) is 5.56 Å². The van der Waals surface area contributed by atoms with Gasteiger partial charge in [-0.15, -0.1) is 0 Å². The van der Waals surface area contributed by atoms with Crippen molar-refractivity contribution in [3.63, 3.8) is 0 Å². The number of aromatic nitrogens is 2. The van der Waals surface area contributed by atoms with Crippen molar-refractivity contribution in [1.82, 2.24) is 9.13 Å². The Kier molecular flexibility index (Phi) is 4.91. The Morgan fingerprint density at radius 2 is 1.55 bits per heavy atom. The van der Waals surface area contributed by atoms with E-state index in [4.69, 9.17) is 11.6 Å². The number of fused-ring (bicyclic) bond motifs is 1. The Labute approximate surface area is 172 Å². The normalized spacial score (nSPS) is 11.4. The quantitative estimate of drug-likeness (QED) is 0.479. The van der Waals surface area contributed by atoms with Crippen LogP contribution in [0.3, 0.4) is 0 Å². The van der Waals surface area contributed by atoms with Gasteiger partial charge in [0.2, 0.25) is 0 Å². The van der Waals surface area contributed by atoms with Crippen LogP contribution in [-0.2, 0) is 14.1 Å². The average molecular weight is 404 g/mol. The van der Waals surface area contributed by atoms with Gasteiger partial charge in [-0.05, 0) is 23.8 Å². The van der Waals surface area contributed by atoms with Crippen molar-refractivity contribution in [3.05, 3.63) is 98.2 Å². The minimum atomic E-state index is -0.362. The fourth-order valence-electron chi connectivity index (χ4n) is 3.41. The molecule has 0 atom stereocenters. The molecule has 1 heterocycles. The first kappa shape index (κ1) is 18.9. The van der Waals surface area contributed by atoms with Gasteiger partial charge in [0, 0.05) is 31.4 Å². The maximum Gasteiger partial charge on any atom is 0.330 e. The molecule has 5 nitrogen and oxygen atoms in total. The smallest absolute Gasteiger partial charge is 0.296 e. The van der Waals surface area contributed by atoms with Crippen molar-refractivity contribution in [1.29, 1.82) is 0 Å². The highest BCUT2D eigenvalue weighted by Gasteiger charge is 2.16. The lowest BCUT2D eigenvalue weighted by Crippen LogP contribution is -2.37. The molecule has 1 aromatic heterocycles. The molecule has 4 aromatic rings. The summed E-state index contributed by atoms with van der Waals surface area (Å²) >= 11 is 6.22. The summed E-state index contributed by atoms with van der Waals surface area (Å²) < 4.78 is 2.61. The Balaban J connectivity index is 2.07. The number of halogens is 1. The fourth-order valence-corrected chi connectivity index (χ4v) is 3.59. The molecule has 0 aliphatic heterocycles. The van der Waals surface area contributed by atoms with Crippen LogP contribution in [0.2, 0.25) is 5.02 Å². The second-order valence-electron chi connectivity index (χ2n) is 6.71. The van der Waals surface area contributed by atoms with Gasteiger partial charge in [-0.2, -0.15) is 0 Å². The molecule has 3 aromatic carbocycles. The minimum Gasteiger partial charge on any atom is -0.296 e. The summed E-state index contributed by atoms with van der Waals surface area (Å²) in [5.41, 5.74) is 2.88. The van der Waals surface area contributed by atoms with Crippen molar-refractivity contribution >= 4 is 34.4 Å². The molecule has 0 spiro atoms. The highest BCUT2D eigenvalue weighted by atomic mass is 35.5. The third-order valence-corrected chi connectivity index (χ3v) is 5.25. The highest BCUT2D eigenvalue weighted by Crippen LogP contribution is 2.30. The second-order valence-corrected chi connectivity index (χ2v) is 7.11. The molecule has 0 N–H and O–H groups in total. The van der Waals surface area contributed by atoms with Gasteiger partial charge in [0.25, 0.3) is 5.56 Å². The molecule has 6 heteroatoms. The Morgan fingerprint density at radius 1 is 0.862 bits per heavy atom. The number of aliphatic imine (C=N–C) groups is 1. The SMILES string of the molecule is Cn1c(=O)c2c(-c3ccccc3)c(C=Nc3ccccc3Cl)ccc2n(C)c1=O. The van der Waals surface area contributed by atoms with Crippen LogP contribution in [0, 0.1) is 0 Å². The van der Waals surface area contributed by atoms with Crippen LogP contribution in [0.4, 0.5) is 5.69 Å². The van der Waals surface area contributed by atoms with E-state index in [1.807, 2.05) is 54.6 Å². The molecular weight excluding hydrogens is 386 g/mol. The van der Waals surface area contributed by atoms with Crippen molar-refractivity contribution in [2.75, 3.05) is 0 Å². The van der Waals surface area contributed by atoms with E-state index in [0.29, 0.717) is 21.6 Å². The molecule has 144 valence electrons. The van der Waals surface area contributed by atoms with Gasteiger partial charge in [-0.25, -0.2) is 4.79 Å². The second kappa shape index (κ2) is 7.53. The molecule has 0 saturated carbocycles. The summed E-state index contributed by atoms with van der Waals surface area (Å²) in [6, 6.07) is 20.6. The van der Waals surface area contributed by atoms with Crippen LogP contribution in [-0.4, -0.2) is 15.3 Å². The Morgan fingerprint density at radius 3 is 2.28 bits per heavy atom. The Bertz CT molecular complexity index is 1370. The molecule has 29 heavy (non-hydrogen) atoms. The molecule has 0 saturated heterocycles. The van der Waals surface area contributed by atoms with Crippen molar-refractivity contribution < 1.29 is 0 Å². The van der Waals surface area contributed by atoms with Gasteiger partial charge in [0.15, 0.2) is 0 Å². The summed E-state index contributed by atoms with van der Waals surface area (Å²) in [7, 11) is 3.15. The number of rotatable bonds is 3. The summed E-state index contributed by atoms with van der Waals surface area (Å²) in [5.74, 6) is 0. The standard InChI is InChI=1S/C23H18ClN3O2/c1-26-19-13-12-16(14-25-18-11-7-6-10-17(18)24)20(15-8-4-3-5-9-15)21(19)22(28)27(2)23(26)29/h3-14H,1-2H3. The first-order valence-corrected chi connectivity index (χ1v) is 9.43. The first-order valence-electron chi connectivity index (χ1n) is 9.06. The molecular formula is C23H18ClN3O2. The van der Waals surface area contributed by atoms with Crippen LogP contribution in [0.25, 0.3) is 22.0 Å². The van der Waals surface area contributed by atoms with E-state index < -0.39 is 0 Å². The van der Waals surface area contributed by atoms with E-state index in [1.54, 1.807) is 25.4 Å². The van der Waals surface area contributed by atoms with E-state index >= 15 is 0 Å². The Hall–Kier alpha value is -3.44. The maximum atomic E-state index is 13.1. The lowest BCUT2D eigenvalue weighted by atomic mass is 9.96. The van der Waals surface area contributed by atoms with E-state index in [1.165, 1.54) is 11.6 Å². The van der Waals surface area contributed by atoms with Gasteiger partial charge >= 0.3 is 5.69 Å². The molecule has 0 unspecified atom stereocenters. The largest absolute Gasteiger partial charge is 0.330 e. The van der Waals surface area contributed by atoms with Gasteiger partial charge in [-0.3, -0.25) is 18.9 Å². The number of hydrogen-bond acceptors (Lipinski definition) is 3. The van der Waals surface area contributed by atoms with Gasteiger partial charge in [0.05, 0.1) is 21.6 Å². The lowest BCUT2D eigenvalue weighted by Gasteiger charge is -2.14. The number of aryl methyl sites for hydroxylation is 1. The highest BCUT2D eigenvalue weighted by molar-refractivity contribution is 6.33.